The lowest BCUT2D eigenvalue weighted by Gasteiger charge is -2.24. The molecule has 0 bridgehead atoms. The number of carbonyl (C=O) groups is 1. The lowest BCUT2D eigenvalue weighted by Crippen LogP contribution is -2.38. The Bertz CT molecular complexity index is 369. The molecule has 0 unspecified atom stereocenters. The lowest BCUT2D eigenvalue weighted by atomic mass is 9.91. The zero-order chi connectivity index (χ0) is 23.0. The molecule has 0 radical (unpaired) electrons. The van der Waals surface area contributed by atoms with Crippen LogP contribution in [0.4, 0.5) is 0 Å². The van der Waals surface area contributed by atoms with Crippen molar-refractivity contribution in [2.45, 2.75) is 168 Å². The Hall–Kier alpha value is -0.570. The Morgan fingerprint density at radius 2 is 0.839 bits per heavy atom. The molecule has 0 rings (SSSR count). The fourth-order valence-electron chi connectivity index (χ4n) is 4.54. The van der Waals surface area contributed by atoms with Crippen molar-refractivity contribution in [1.82, 2.24) is 0 Å². The largest absolute Gasteiger partial charge is 0.550 e. The highest BCUT2D eigenvalue weighted by Crippen LogP contribution is 2.20. The number of aliphatic hydroxyl groups is 1. The summed E-state index contributed by atoms with van der Waals surface area (Å²) >= 11 is 0. The molecule has 0 aromatic rings. The van der Waals surface area contributed by atoms with Crippen molar-refractivity contribution >= 4 is 5.97 Å². The summed E-state index contributed by atoms with van der Waals surface area (Å²) in [6.45, 7) is 4.50. The minimum Gasteiger partial charge on any atom is -0.550 e. The number of hydrogen-bond donors (Lipinski definition) is 1. The molecule has 2 atom stereocenters. The van der Waals surface area contributed by atoms with Crippen LogP contribution in [0.25, 0.3) is 0 Å². The number of carbonyl (C=O) groups excluding carboxylic acids is 1. The Balaban J connectivity index is 3.61. The summed E-state index contributed by atoms with van der Waals surface area (Å²) in [4.78, 5) is 11.5. The van der Waals surface area contributed by atoms with Gasteiger partial charge in [0.05, 0.1) is 6.10 Å². The molecular formula is C28H55O3-. The van der Waals surface area contributed by atoms with Crippen LogP contribution >= 0.6 is 0 Å². The van der Waals surface area contributed by atoms with Crippen molar-refractivity contribution in [2.24, 2.45) is 5.92 Å². The molecule has 0 spiro atoms. The normalized spacial score (nSPS) is 13.4. The third-order valence-corrected chi connectivity index (χ3v) is 6.74. The van der Waals surface area contributed by atoms with Gasteiger partial charge in [0.2, 0.25) is 0 Å². The Labute approximate surface area is 194 Å². The van der Waals surface area contributed by atoms with Crippen LogP contribution in [0.1, 0.15) is 162 Å². The second-order valence-corrected chi connectivity index (χ2v) is 9.79. The molecule has 0 fully saturated rings. The van der Waals surface area contributed by atoms with Crippen LogP contribution in [0.2, 0.25) is 0 Å². The van der Waals surface area contributed by atoms with Crippen molar-refractivity contribution in [3.63, 3.8) is 0 Å². The predicted molar refractivity (Wildman–Crippen MR) is 132 cm³/mol. The molecule has 0 aromatic carbocycles. The third kappa shape index (κ3) is 21.1. The molecule has 0 aliphatic heterocycles. The maximum absolute atomic E-state index is 11.5. The SMILES string of the molecule is CCCCCCCCCCCCC[C@H](O)[C@@H](CCCCCCCCCCCC)C(=O)[O-]. The minimum absolute atomic E-state index is 0.567. The maximum atomic E-state index is 11.5. The van der Waals surface area contributed by atoms with Crippen molar-refractivity contribution in [3.05, 3.63) is 0 Å². The first-order valence-electron chi connectivity index (χ1n) is 14.0. The van der Waals surface area contributed by atoms with Crippen LogP contribution < -0.4 is 5.11 Å². The van der Waals surface area contributed by atoms with Gasteiger partial charge in [0, 0.05) is 11.9 Å². The van der Waals surface area contributed by atoms with Gasteiger partial charge in [0.15, 0.2) is 0 Å². The highest BCUT2D eigenvalue weighted by molar-refractivity contribution is 5.68. The maximum Gasteiger partial charge on any atom is 0.0620 e. The van der Waals surface area contributed by atoms with Crippen LogP contribution in [-0.4, -0.2) is 17.2 Å². The van der Waals surface area contributed by atoms with Gasteiger partial charge in [-0.25, -0.2) is 0 Å². The Morgan fingerprint density at radius 1 is 0.548 bits per heavy atom. The molecular weight excluding hydrogens is 384 g/mol. The molecule has 0 saturated heterocycles. The first kappa shape index (κ1) is 30.4. The zero-order valence-corrected chi connectivity index (χ0v) is 21.2. The highest BCUT2D eigenvalue weighted by atomic mass is 16.4. The van der Waals surface area contributed by atoms with Gasteiger partial charge < -0.3 is 15.0 Å². The number of unbranched alkanes of at least 4 members (excludes halogenated alkanes) is 19. The number of carboxylic acid groups (broad SMARTS) is 1. The second-order valence-electron chi connectivity index (χ2n) is 9.79. The topological polar surface area (TPSA) is 60.4 Å². The molecule has 0 aromatic heterocycles. The molecule has 31 heavy (non-hydrogen) atoms. The third-order valence-electron chi connectivity index (χ3n) is 6.74. The Morgan fingerprint density at radius 3 is 1.16 bits per heavy atom. The predicted octanol–water partition coefficient (Wildman–Crippen LogP) is 7.73. The average Bonchev–Trinajstić information content (AvgIpc) is 2.75. The first-order chi connectivity index (χ1) is 15.1. The second kappa shape index (κ2) is 24.1. The molecule has 0 saturated carbocycles. The van der Waals surface area contributed by atoms with Crippen LogP contribution in [0.3, 0.4) is 0 Å². The van der Waals surface area contributed by atoms with Gasteiger partial charge in [0.1, 0.15) is 0 Å². The van der Waals surface area contributed by atoms with E-state index in [2.05, 4.69) is 13.8 Å². The van der Waals surface area contributed by atoms with Crippen LogP contribution in [-0.2, 0) is 4.79 Å². The summed E-state index contributed by atoms with van der Waals surface area (Å²) in [5, 5.41) is 21.8. The van der Waals surface area contributed by atoms with E-state index >= 15 is 0 Å². The number of hydrogen-bond acceptors (Lipinski definition) is 3. The van der Waals surface area contributed by atoms with Crippen molar-refractivity contribution in [3.8, 4) is 0 Å². The summed E-state index contributed by atoms with van der Waals surface area (Å²) in [6.07, 6.45) is 26.8. The molecule has 0 aliphatic carbocycles. The fourth-order valence-corrected chi connectivity index (χ4v) is 4.54. The summed E-state index contributed by atoms with van der Waals surface area (Å²) in [5.74, 6) is -1.75. The fraction of sp³-hybridized carbons (Fsp3) is 0.964. The summed E-state index contributed by atoms with van der Waals surface area (Å²) in [7, 11) is 0. The van der Waals surface area contributed by atoms with Gasteiger partial charge >= 0.3 is 0 Å². The quantitative estimate of drug-likeness (QED) is 0.148. The lowest BCUT2D eigenvalue weighted by molar-refractivity contribution is -0.314. The van der Waals surface area contributed by atoms with Gasteiger partial charge in [-0.1, -0.05) is 149 Å². The van der Waals surface area contributed by atoms with Crippen LogP contribution in [0.5, 0.6) is 0 Å². The van der Waals surface area contributed by atoms with E-state index in [1.807, 2.05) is 0 Å². The van der Waals surface area contributed by atoms with Gasteiger partial charge in [-0.3, -0.25) is 0 Å². The van der Waals surface area contributed by atoms with E-state index in [1.54, 1.807) is 0 Å². The standard InChI is InChI=1S/C28H56O3/c1-3-5-7-9-11-13-15-17-19-21-23-25-27(29)26(28(30)31)24-22-20-18-16-14-12-10-8-6-4-2/h26-27,29H,3-25H2,1-2H3,(H,30,31)/p-1/t26-,27+/m1/s1. The van der Waals surface area contributed by atoms with Crippen molar-refractivity contribution in [2.75, 3.05) is 0 Å². The summed E-state index contributed by atoms with van der Waals surface area (Å²) < 4.78 is 0. The van der Waals surface area contributed by atoms with Crippen LogP contribution in [0, 0.1) is 5.92 Å². The van der Waals surface area contributed by atoms with E-state index in [0.717, 1.165) is 25.7 Å². The molecule has 3 nitrogen and oxygen atoms in total. The minimum atomic E-state index is -1.06. The van der Waals surface area contributed by atoms with Gasteiger partial charge in [-0.05, 0) is 12.8 Å². The van der Waals surface area contributed by atoms with Gasteiger partial charge in [-0.15, -0.1) is 0 Å². The van der Waals surface area contributed by atoms with E-state index in [4.69, 9.17) is 0 Å². The van der Waals surface area contributed by atoms with E-state index in [1.165, 1.54) is 109 Å². The Kier molecular flexibility index (Phi) is 23.6. The zero-order valence-electron chi connectivity index (χ0n) is 21.2. The van der Waals surface area contributed by atoms with E-state index < -0.39 is 18.0 Å². The smallest absolute Gasteiger partial charge is 0.0620 e. The van der Waals surface area contributed by atoms with Crippen molar-refractivity contribution in [1.29, 1.82) is 0 Å². The van der Waals surface area contributed by atoms with E-state index in [9.17, 15) is 15.0 Å². The molecule has 0 heterocycles. The first-order valence-corrected chi connectivity index (χ1v) is 14.0. The molecule has 0 aliphatic rings. The molecule has 0 amide bonds. The molecule has 3 heteroatoms. The molecule has 186 valence electrons. The average molecular weight is 440 g/mol. The number of carboxylic acids is 1. The van der Waals surface area contributed by atoms with Gasteiger partial charge in [0.25, 0.3) is 0 Å². The van der Waals surface area contributed by atoms with E-state index in [-0.39, 0.29) is 0 Å². The highest BCUT2D eigenvalue weighted by Gasteiger charge is 2.19. The van der Waals surface area contributed by atoms with Gasteiger partial charge in [-0.2, -0.15) is 0 Å². The summed E-state index contributed by atoms with van der Waals surface area (Å²) in [5.41, 5.74) is 0. The number of rotatable bonds is 25. The number of aliphatic hydroxyl groups excluding tert-OH is 1. The van der Waals surface area contributed by atoms with Crippen LogP contribution in [0.15, 0.2) is 0 Å². The summed E-state index contributed by atoms with van der Waals surface area (Å²) in [6, 6.07) is 0. The van der Waals surface area contributed by atoms with Crippen molar-refractivity contribution < 1.29 is 15.0 Å². The number of aliphatic carboxylic acids is 1. The monoisotopic (exact) mass is 439 g/mol. The molecule has 1 N–H and O–H groups in total. The van der Waals surface area contributed by atoms with E-state index in [0.29, 0.717) is 12.8 Å².